The highest BCUT2D eigenvalue weighted by atomic mass is 19.1. The number of aromatic nitrogens is 1. The molecule has 3 rings (SSSR count). The van der Waals surface area contributed by atoms with Crippen LogP contribution in [0.1, 0.15) is 29.7 Å². The summed E-state index contributed by atoms with van der Waals surface area (Å²) in [4.78, 5) is 14.4. The molecule has 0 aliphatic carbocycles. The molecule has 1 aromatic carbocycles. The first kappa shape index (κ1) is 17.1. The highest BCUT2D eigenvalue weighted by molar-refractivity contribution is 5.91. The Bertz CT molecular complexity index is 804. The molecule has 6 nitrogen and oxygen atoms in total. The summed E-state index contributed by atoms with van der Waals surface area (Å²) >= 11 is 0. The number of hydrogen-bond donors (Lipinski definition) is 1. The van der Waals surface area contributed by atoms with E-state index in [-0.39, 0.29) is 17.6 Å². The summed E-state index contributed by atoms with van der Waals surface area (Å²) < 4.78 is 18.9. The Balaban J connectivity index is 1.51. The number of benzene rings is 1. The maximum Gasteiger partial charge on any atom is 0.228 e. The summed E-state index contributed by atoms with van der Waals surface area (Å²) in [5.74, 6) is 0.580. The molecule has 0 radical (unpaired) electrons. The van der Waals surface area contributed by atoms with E-state index in [2.05, 4.69) is 15.4 Å². The molecular formula is C18H19FN4O2. The first-order valence-corrected chi connectivity index (χ1v) is 8.20. The highest BCUT2D eigenvalue weighted by Crippen LogP contribution is 2.22. The van der Waals surface area contributed by atoms with E-state index < -0.39 is 0 Å². The van der Waals surface area contributed by atoms with Gasteiger partial charge >= 0.3 is 0 Å². The van der Waals surface area contributed by atoms with Gasteiger partial charge in [-0.05, 0) is 45.0 Å². The normalized spacial score (nSPS) is 15.7. The van der Waals surface area contributed by atoms with Gasteiger partial charge in [0.25, 0.3) is 0 Å². The maximum absolute atomic E-state index is 14.0. The second-order valence-electron chi connectivity index (χ2n) is 6.28. The molecule has 1 saturated heterocycles. The molecule has 1 aromatic heterocycles. The molecule has 2 aromatic rings. The van der Waals surface area contributed by atoms with Crippen LogP contribution >= 0.6 is 0 Å². The molecule has 2 heterocycles. The van der Waals surface area contributed by atoms with Crippen molar-refractivity contribution in [2.45, 2.75) is 26.3 Å². The zero-order chi connectivity index (χ0) is 17.8. The van der Waals surface area contributed by atoms with Crippen LogP contribution in [0.3, 0.4) is 0 Å². The predicted molar refractivity (Wildman–Crippen MR) is 89.0 cm³/mol. The molecule has 25 heavy (non-hydrogen) atoms. The van der Waals surface area contributed by atoms with E-state index >= 15 is 0 Å². The average molecular weight is 342 g/mol. The number of halogens is 1. The molecule has 1 aliphatic rings. The number of carbonyl (C=O) groups excluding carboxylic acids is 1. The zero-order valence-electron chi connectivity index (χ0n) is 14.0. The average Bonchev–Trinajstić information content (AvgIpc) is 3.02. The quantitative estimate of drug-likeness (QED) is 0.924. The minimum absolute atomic E-state index is 0.0579. The minimum Gasteiger partial charge on any atom is -0.360 e. The van der Waals surface area contributed by atoms with Crippen molar-refractivity contribution < 1.29 is 13.7 Å². The van der Waals surface area contributed by atoms with Crippen molar-refractivity contribution in [3.8, 4) is 6.07 Å². The van der Waals surface area contributed by atoms with Gasteiger partial charge in [0.1, 0.15) is 11.6 Å². The van der Waals surface area contributed by atoms with Gasteiger partial charge in [-0.3, -0.25) is 9.69 Å². The van der Waals surface area contributed by atoms with Gasteiger partial charge in [-0.2, -0.15) is 5.26 Å². The van der Waals surface area contributed by atoms with Gasteiger partial charge in [0.15, 0.2) is 5.82 Å². The van der Waals surface area contributed by atoms with Gasteiger partial charge in [-0.25, -0.2) is 4.39 Å². The molecular weight excluding hydrogens is 323 g/mol. The minimum atomic E-state index is -0.361. The Hall–Kier alpha value is -2.72. The molecule has 0 unspecified atom stereocenters. The SMILES string of the molecule is Cc1cc(NC(=O)C2CCN(Cc3ccc(C#N)cc3F)CC2)no1. The van der Waals surface area contributed by atoms with Gasteiger partial charge < -0.3 is 9.84 Å². The number of nitrogens with one attached hydrogen (secondary N) is 1. The number of carbonyl (C=O) groups is 1. The van der Waals surface area contributed by atoms with E-state index in [0.29, 0.717) is 42.1 Å². The largest absolute Gasteiger partial charge is 0.360 e. The Kier molecular flexibility index (Phi) is 5.10. The Morgan fingerprint density at radius 2 is 2.20 bits per heavy atom. The molecule has 0 saturated carbocycles. The first-order chi connectivity index (χ1) is 12.0. The summed E-state index contributed by atoms with van der Waals surface area (Å²) in [6.45, 7) is 3.68. The topological polar surface area (TPSA) is 82.2 Å². The maximum atomic E-state index is 14.0. The standard InChI is InChI=1S/C18H19FN4O2/c1-12-8-17(22-25-12)21-18(24)14-4-6-23(7-5-14)11-15-3-2-13(10-20)9-16(15)19/h2-3,8-9,14H,4-7,11H2,1H3,(H,21,22,24). The summed E-state index contributed by atoms with van der Waals surface area (Å²) in [6.07, 6.45) is 1.42. The van der Waals surface area contributed by atoms with Crippen LogP contribution in [0.2, 0.25) is 0 Å². The van der Waals surface area contributed by atoms with Gasteiger partial charge in [0.05, 0.1) is 11.6 Å². The number of nitriles is 1. The molecule has 0 bridgehead atoms. The van der Waals surface area contributed by atoms with Crippen LogP contribution in [-0.2, 0) is 11.3 Å². The fourth-order valence-corrected chi connectivity index (χ4v) is 2.99. The van der Waals surface area contributed by atoms with Gasteiger partial charge in [0, 0.05) is 24.1 Å². The molecule has 1 fully saturated rings. The van der Waals surface area contributed by atoms with E-state index in [1.54, 1.807) is 25.1 Å². The van der Waals surface area contributed by atoms with Crippen molar-refractivity contribution in [3.63, 3.8) is 0 Å². The van der Waals surface area contributed by atoms with Crippen molar-refractivity contribution in [2.24, 2.45) is 5.92 Å². The van der Waals surface area contributed by atoms with Crippen LogP contribution in [0.25, 0.3) is 0 Å². The molecule has 1 aliphatic heterocycles. The van der Waals surface area contributed by atoms with Crippen molar-refractivity contribution in [1.82, 2.24) is 10.1 Å². The number of rotatable bonds is 4. The fourth-order valence-electron chi connectivity index (χ4n) is 2.99. The lowest BCUT2D eigenvalue weighted by Crippen LogP contribution is -2.38. The van der Waals surface area contributed by atoms with Crippen LogP contribution < -0.4 is 5.32 Å². The third-order valence-electron chi connectivity index (χ3n) is 4.41. The second-order valence-corrected chi connectivity index (χ2v) is 6.28. The van der Waals surface area contributed by atoms with Crippen molar-refractivity contribution >= 4 is 11.7 Å². The highest BCUT2D eigenvalue weighted by Gasteiger charge is 2.26. The van der Waals surface area contributed by atoms with Crippen LogP contribution in [-0.4, -0.2) is 29.1 Å². The van der Waals surface area contributed by atoms with E-state index in [1.807, 2.05) is 6.07 Å². The summed E-state index contributed by atoms with van der Waals surface area (Å²) in [6, 6.07) is 8.14. The lowest BCUT2D eigenvalue weighted by Gasteiger charge is -2.31. The third-order valence-corrected chi connectivity index (χ3v) is 4.41. The number of hydrogen-bond acceptors (Lipinski definition) is 5. The van der Waals surface area contributed by atoms with E-state index in [1.165, 1.54) is 6.07 Å². The number of likely N-dealkylation sites (tertiary alicyclic amines) is 1. The van der Waals surface area contributed by atoms with Crippen molar-refractivity contribution in [2.75, 3.05) is 18.4 Å². The summed E-state index contributed by atoms with van der Waals surface area (Å²) in [5.41, 5.74) is 0.889. The van der Waals surface area contributed by atoms with E-state index in [9.17, 15) is 9.18 Å². The second kappa shape index (κ2) is 7.45. The monoisotopic (exact) mass is 342 g/mol. The lowest BCUT2D eigenvalue weighted by atomic mass is 9.95. The Labute approximate surface area is 145 Å². The molecule has 0 spiro atoms. The molecule has 7 heteroatoms. The Morgan fingerprint density at radius 3 is 2.80 bits per heavy atom. The first-order valence-electron chi connectivity index (χ1n) is 8.20. The molecule has 0 atom stereocenters. The molecule has 130 valence electrons. The Morgan fingerprint density at radius 1 is 1.44 bits per heavy atom. The third kappa shape index (κ3) is 4.22. The van der Waals surface area contributed by atoms with E-state index in [4.69, 9.17) is 9.78 Å². The number of aryl methyl sites for hydroxylation is 1. The smallest absolute Gasteiger partial charge is 0.228 e. The predicted octanol–water partition coefficient (Wildman–Crippen LogP) is 2.84. The molecule has 1 amide bonds. The zero-order valence-corrected chi connectivity index (χ0v) is 14.0. The van der Waals surface area contributed by atoms with E-state index in [0.717, 1.165) is 13.1 Å². The number of anilines is 1. The number of piperidine rings is 1. The number of nitrogens with zero attached hydrogens (tertiary/aromatic N) is 3. The lowest BCUT2D eigenvalue weighted by molar-refractivity contribution is -0.121. The fraction of sp³-hybridized carbons (Fsp3) is 0.389. The molecule has 1 N–H and O–H groups in total. The van der Waals surface area contributed by atoms with Crippen LogP contribution in [0.4, 0.5) is 10.2 Å². The van der Waals surface area contributed by atoms with Crippen LogP contribution in [0, 0.1) is 30.0 Å². The van der Waals surface area contributed by atoms with Crippen molar-refractivity contribution in [3.05, 3.63) is 47.0 Å². The van der Waals surface area contributed by atoms with Crippen molar-refractivity contribution in [1.29, 1.82) is 5.26 Å². The van der Waals surface area contributed by atoms with Gasteiger partial charge in [-0.1, -0.05) is 11.2 Å². The van der Waals surface area contributed by atoms with Crippen LogP contribution in [0.15, 0.2) is 28.8 Å². The summed E-state index contributed by atoms with van der Waals surface area (Å²) in [5, 5.41) is 15.3. The van der Waals surface area contributed by atoms with Gasteiger partial charge in [-0.15, -0.1) is 0 Å². The summed E-state index contributed by atoms with van der Waals surface area (Å²) in [7, 11) is 0. The van der Waals surface area contributed by atoms with Crippen LogP contribution in [0.5, 0.6) is 0 Å². The van der Waals surface area contributed by atoms with Gasteiger partial charge in [0.2, 0.25) is 5.91 Å². The number of amides is 1.